The molecular weight excluding hydrogens is 260 g/mol. The van der Waals surface area contributed by atoms with Crippen LogP contribution in [0.5, 0.6) is 5.75 Å². The molecule has 6 heteroatoms. The molecule has 0 aliphatic rings. The Labute approximate surface area is 104 Å². The zero-order valence-electron chi connectivity index (χ0n) is 8.35. The van der Waals surface area contributed by atoms with Crippen LogP contribution in [0, 0.1) is 0 Å². The summed E-state index contributed by atoms with van der Waals surface area (Å²) < 4.78 is 1.44. The Morgan fingerprint density at radius 2 is 2.29 bits per heavy atom. The van der Waals surface area contributed by atoms with Crippen molar-refractivity contribution in [3.8, 4) is 5.75 Å². The summed E-state index contributed by atoms with van der Waals surface area (Å²) in [5, 5.41) is 10.7. The molecule has 0 bridgehead atoms. The van der Waals surface area contributed by atoms with Crippen molar-refractivity contribution in [2.45, 2.75) is 0 Å². The van der Waals surface area contributed by atoms with Crippen LogP contribution in [0.25, 0.3) is 20.3 Å². The van der Waals surface area contributed by atoms with Crippen LogP contribution in [0.4, 0.5) is 0 Å². The number of aromatic hydroxyl groups is 1. The monoisotopic (exact) mass is 264 g/mol. The summed E-state index contributed by atoms with van der Waals surface area (Å²) in [6, 6.07) is 3.68. The van der Waals surface area contributed by atoms with Crippen molar-refractivity contribution in [2.75, 3.05) is 0 Å². The van der Waals surface area contributed by atoms with Gasteiger partial charge in [0.2, 0.25) is 0 Å². The lowest BCUT2D eigenvalue weighted by atomic mass is 10.2. The second kappa shape index (κ2) is 3.65. The van der Waals surface area contributed by atoms with Gasteiger partial charge in [-0.05, 0) is 12.1 Å². The quantitative estimate of drug-likeness (QED) is 0.542. The highest BCUT2D eigenvalue weighted by Crippen LogP contribution is 2.41. The summed E-state index contributed by atoms with van der Waals surface area (Å²) in [5.74, 6) is -0.137. The van der Waals surface area contributed by atoms with Crippen LogP contribution in [-0.2, 0) is 0 Å². The molecule has 0 saturated carbocycles. The molecule has 0 aromatic carbocycles. The van der Waals surface area contributed by atoms with E-state index in [4.69, 9.17) is 11.6 Å². The first kappa shape index (κ1) is 10.4. The first-order chi connectivity index (χ1) is 8.22. The van der Waals surface area contributed by atoms with Gasteiger partial charge in [0.1, 0.15) is 10.8 Å². The minimum atomic E-state index is -0.137. The van der Waals surface area contributed by atoms with Gasteiger partial charge in [-0.3, -0.25) is 9.78 Å². The fraction of sp³-hybridized carbons (Fsp3) is 0. The molecule has 1 N–H and O–H groups in total. The van der Waals surface area contributed by atoms with Gasteiger partial charge in [0.25, 0.3) is 0 Å². The number of carbonyl (C=O) groups excluding carboxylic acids is 1. The molecule has 0 aliphatic heterocycles. The van der Waals surface area contributed by atoms with E-state index in [0.717, 1.165) is 4.70 Å². The zero-order valence-corrected chi connectivity index (χ0v) is 9.92. The molecule has 3 heterocycles. The largest absolute Gasteiger partial charge is 0.504 e. The van der Waals surface area contributed by atoms with E-state index in [1.807, 2.05) is 6.07 Å². The average molecular weight is 265 g/mol. The number of halogens is 1. The van der Waals surface area contributed by atoms with Crippen LogP contribution in [0.2, 0.25) is 5.15 Å². The lowest BCUT2D eigenvalue weighted by molar-refractivity contribution is 0.111. The Hall–Kier alpha value is -1.72. The predicted molar refractivity (Wildman–Crippen MR) is 67.0 cm³/mol. The zero-order chi connectivity index (χ0) is 12.0. The molecule has 0 amide bonds. The summed E-state index contributed by atoms with van der Waals surface area (Å²) in [4.78, 5) is 18.8. The Kier molecular flexibility index (Phi) is 2.24. The van der Waals surface area contributed by atoms with E-state index in [1.165, 1.54) is 11.3 Å². The van der Waals surface area contributed by atoms with Crippen LogP contribution < -0.4 is 0 Å². The van der Waals surface area contributed by atoms with Crippen molar-refractivity contribution in [3.63, 3.8) is 0 Å². The summed E-state index contributed by atoms with van der Waals surface area (Å²) in [6.45, 7) is 0. The number of pyridine rings is 2. The van der Waals surface area contributed by atoms with Crippen molar-refractivity contribution >= 4 is 49.5 Å². The lowest BCUT2D eigenvalue weighted by Gasteiger charge is -1.99. The van der Waals surface area contributed by atoms with Gasteiger partial charge in [-0.15, -0.1) is 11.3 Å². The normalized spacial score (nSPS) is 11.1. The van der Waals surface area contributed by atoms with Crippen molar-refractivity contribution in [2.24, 2.45) is 0 Å². The molecule has 0 fully saturated rings. The van der Waals surface area contributed by atoms with Gasteiger partial charge in [0.05, 0.1) is 20.3 Å². The molecule has 3 aromatic rings. The number of hydrogen-bond acceptors (Lipinski definition) is 5. The van der Waals surface area contributed by atoms with E-state index in [1.54, 1.807) is 12.3 Å². The Morgan fingerprint density at radius 3 is 3.06 bits per heavy atom. The number of nitrogens with zero attached hydrogens (tertiary/aromatic N) is 2. The number of rotatable bonds is 1. The van der Waals surface area contributed by atoms with E-state index < -0.39 is 0 Å². The number of hydrogen-bond donors (Lipinski definition) is 1. The van der Waals surface area contributed by atoms with Gasteiger partial charge in [0.15, 0.2) is 12.0 Å². The molecule has 84 valence electrons. The van der Waals surface area contributed by atoms with Crippen LogP contribution in [0.15, 0.2) is 18.3 Å². The third-order valence-electron chi connectivity index (χ3n) is 2.44. The van der Waals surface area contributed by atoms with Gasteiger partial charge >= 0.3 is 0 Å². The molecule has 0 radical (unpaired) electrons. The summed E-state index contributed by atoms with van der Waals surface area (Å²) in [6.07, 6.45) is 2.13. The molecular formula is C11H5ClN2O2S. The number of aromatic nitrogens is 2. The van der Waals surface area contributed by atoms with Crippen LogP contribution in [0.3, 0.4) is 0 Å². The van der Waals surface area contributed by atoms with Crippen LogP contribution in [-0.4, -0.2) is 21.4 Å². The van der Waals surface area contributed by atoms with Crippen molar-refractivity contribution < 1.29 is 9.90 Å². The molecule has 0 saturated heterocycles. The third-order valence-corrected chi connectivity index (χ3v) is 3.87. The maximum Gasteiger partial charge on any atom is 0.172 e. The number of thiophene rings is 1. The SMILES string of the molecule is O=Cc1nc(Cl)c2c(sc3cccnc32)c1O. The number of carbonyl (C=O) groups is 1. The van der Waals surface area contributed by atoms with Gasteiger partial charge in [-0.25, -0.2) is 4.98 Å². The molecule has 17 heavy (non-hydrogen) atoms. The highest BCUT2D eigenvalue weighted by atomic mass is 35.5. The Bertz CT molecular complexity index is 754. The fourth-order valence-corrected chi connectivity index (χ4v) is 3.15. The van der Waals surface area contributed by atoms with Gasteiger partial charge < -0.3 is 5.11 Å². The molecule has 0 atom stereocenters. The van der Waals surface area contributed by atoms with Crippen molar-refractivity contribution in [3.05, 3.63) is 29.2 Å². The molecule has 0 aliphatic carbocycles. The summed E-state index contributed by atoms with van der Waals surface area (Å²) >= 11 is 7.35. The predicted octanol–water partition coefficient (Wildman–Crippen LogP) is 3.02. The van der Waals surface area contributed by atoms with Gasteiger partial charge in [-0.1, -0.05) is 11.6 Å². The number of fused-ring (bicyclic) bond motifs is 3. The third kappa shape index (κ3) is 1.40. The first-order valence-corrected chi connectivity index (χ1v) is 5.92. The molecule has 0 spiro atoms. The van der Waals surface area contributed by atoms with Gasteiger partial charge in [-0.2, -0.15) is 0 Å². The highest BCUT2D eigenvalue weighted by Gasteiger charge is 2.17. The van der Waals surface area contributed by atoms with E-state index in [9.17, 15) is 9.90 Å². The Morgan fingerprint density at radius 1 is 1.47 bits per heavy atom. The maximum absolute atomic E-state index is 10.7. The summed E-state index contributed by atoms with van der Waals surface area (Å²) in [5.41, 5.74) is 0.645. The van der Waals surface area contributed by atoms with E-state index in [2.05, 4.69) is 9.97 Å². The fourth-order valence-electron chi connectivity index (χ4n) is 1.70. The minimum Gasteiger partial charge on any atom is -0.504 e. The second-order valence-electron chi connectivity index (χ2n) is 3.41. The Balaban J connectivity index is 2.60. The minimum absolute atomic E-state index is 0.0472. The topological polar surface area (TPSA) is 63.1 Å². The highest BCUT2D eigenvalue weighted by molar-refractivity contribution is 7.26. The molecule has 0 unspecified atom stereocenters. The standard InChI is InChI=1S/C11H5ClN2O2S/c12-11-7-8-6(2-1-3-13-8)17-10(7)9(16)5(4-15)14-11/h1-4,16H. The number of aldehydes is 1. The van der Waals surface area contributed by atoms with Crippen molar-refractivity contribution in [1.29, 1.82) is 0 Å². The van der Waals surface area contributed by atoms with E-state index in [0.29, 0.717) is 21.9 Å². The van der Waals surface area contributed by atoms with E-state index in [-0.39, 0.29) is 16.6 Å². The molecule has 4 nitrogen and oxygen atoms in total. The average Bonchev–Trinajstić information content (AvgIpc) is 2.73. The van der Waals surface area contributed by atoms with Crippen molar-refractivity contribution in [1.82, 2.24) is 9.97 Å². The smallest absolute Gasteiger partial charge is 0.172 e. The van der Waals surface area contributed by atoms with Crippen LogP contribution >= 0.6 is 22.9 Å². The van der Waals surface area contributed by atoms with Crippen LogP contribution in [0.1, 0.15) is 10.5 Å². The maximum atomic E-state index is 10.7. The first-order valence-electron chi connectivity index (χ1n) is 4.73. The molecule has 3 aromatic heterocycles. The lowest BCUT2D eigenvalue weighted by Crippen LogP contribution is -1.89. The van der Waals surface area contributed by atoms with Gasteiger partial charge in [0, 0.05) is 6.20 Å². The second-order valence-corrected chi connectivity index (χ2v) is 4.82. The summed E-state index contributed by atoms with van der Waals surface area (Å²) in [7, 11) is 0. The molecule has 3 rings (SSSR count). The van der Waals surface area contributed by atoms with E-state index >= 15 is 0 Å².